The van der Waals surface area contributed by atoms with Gasteiger partial charge in [0.05, 0.1) is 34.3 Å². The quantitative estimate of drug-likeness (QED) is 0.343. The maximum atomic E-state index is 15.4. The minimum Gasteiger partial charge on any atom is -0.450 e. The molecule has 1 saturated carbocycles. The fraction of sp³-hybridized carbons (Fsp3) is 0.304. The van der Waals surface area contributed by atoms with Crippen molar-refractivity contribution in [1.29, 1.82) is 5.26 Å². The van der Waals surface area contributed by atoms with E-state index < -0.39 is 17.4 Å². The van der Waals surface area contributed by atoms with Gasteiger partial charge in [0.1, 0.15) is 17.0 Å². The van der Waals surface area contributed by atoms with E-state index in [4.69, 9.17) is 14.4 Å². The first-order valence-electron chi connectivity index (χ1n) is 11.0. The number of hydrogen-bond acceptors (Lipinski definition) is 10. The first-order valence-corrected chi connectivity index (χ1v) is 12.7. The zero-order valence-corrected chi connectivity index (χ0v) is 20.6. The molecule has 0 bridgehead atoms. The van der Waals surface area contributed by atoms with Crippen LogP contribution >= 0.6 is 22.7 Å². The highest BCUT2D eigenvalue weighted by atomic mass is 32.1. The summed E-state index contributed by atoms with van der Waals surface area (Å²) < 4.78 is 26.2. The third kappa shape index (κ3) is 5.05. The van der Waals surface area contributed by atoms with E-state index in [-0.39, 0.29) is 37.1 Å². The maximum absolute atomic E-state index is 15.4. The number of rotatable bonds is 8. The number of nitriles is 1. The Kier molecular flexibility index (Phi) is 6.38. The molecule has 1 aromatic carbocycles. The fourth-order valence-electron chi connectivity index (χ4n) is 3.49. The first kappa shape index (κ1) is 23.8. The van der Waals surface area contributed by atoms with Gasteiger partial charge in [0.2, 0.25) is 17.7 Å². The Labute approximate surface area is 212 Å². The molecule has 184 valence electrons. The van der Waals surface area contributed by atoms with E-state index in [1.165, 1.54) is 22.7 Å². The van der Waals surface area contributed by atoms with E-state index in [9.17, 15) is 9.59 Å². The van der Waals surface area contributed by atoms with Crippen LogP contribution < -0.4 is 10.6 Å². The molecule has 1 aliphatic carbocycles. The topological polar surface area (TPSA) is 143 Å². The molecule has 13 heteroatoms. The lowest BCUT2D eigenvalue weighted by Gasteiger charge is -2.06. The number of benzene rings is 1. The fourth-order valence-corrected chi connectivity index (χ4v) is 5.39. The molecule has 36 heavy (non-hydrogen) atoms. The first-order chi connectivity index (χ1) is 17.4. The van der Waals surface area contributed by atoms with E-state index >= 15 is 4.39 Å². The SMILES string of the molecule is CCOC(=O)Nc1ccc(-c2ccc3nc(Cc4nnc(CC(=O)NC5(C#N)CC5)o4)sc3c2F)s1. The highest BCUT2D eigenvalue weighted by molar-refractivity contribution is 7.20. The standard InChI is InChI=1S/C23H19FN6O4S2/c1-2-33-22(32)27-18-6-5-14(35-18)12-3-4-13-21(20(12)24)36-19(26-13)10-17-30-29-16(34-17)9-15(31)28-23(11-25)7-8-23/h3-6H,2,7-10H2,1H3,(H,27,32)(H,28,31). The molecule has 1 aliphatic rings. The summed E-state index contributed by atoms with van der Waals surface area (Å²) in [6, 6.07) is 8.90. The van der Waals surface area contributed by atoms with Gasteiger partial charge >= 0.3 is 6.09 Å². The summed E-state index contributed by atoms with van der Waals surface area (Å²) in [5.41, 5.74) is 0.144. The van der Waals surface area contributed by atoms with Gasteiger partial charge in [0.25, 0.3) is 0 Å². The molecule has 4 aromatic rings. The zero-order chi connectivity index (χ0) is 25.3. The van der Waals surface area contributed by atoms with Gasteiger partial charge in [-0.15, -0.1) is 32.9 Å². The number of hydrogen-bond donors (Lipinski definition) is 2. The number of carbonyl (C=O) groups excluding carboxylic acids is 2. The van der Waals surface area contributed by atoms with Gasteiger partial charge in [-0.25, -0.2) is 14.2 Å². The molecule has 0 aliphatic heterocycles. The molecule has 3 aromatic heterocycles. The molecular weight excluding hydrogens is 507 g/mol. The number of carbonyl (C=O) groups is 2. The number of halogens is 1. The van der Waals surface area contributed by atoms with Crippen LogP contribution in [0.3, 0.4) is 0 Å². The molecule has 0 saturated heterocycles. The third-order valence-electron chi connectivity index (χ3n) is 5.38. The van der Waals surface area contributed by atoms with Crippen molar-refractivity contribution in [1.82, 2.24) is 20.5 Å². The van der Waals surface area contributed by atoms with Crippen molar-refractivity contribution in [3.05, 3.63) is 46.9 Å². The number of nitrogens with one attached hydrogen (secondary N) is 2. The number of nitrogens with zero attached hydrogens (tertiary/aromatic N) is 4. The Bertz CT molecular complexity index is 1500. The van der Waals surface area contributed by atoms with Crippen molar-refractivity contribution in [3.63, 3.8) is 0 Å². The van der Waals surface area contributed by atoms with Crippen molar-refractivity contribution >= 4 is 49.9 Å². The average Bonchev–Trinajstić information content (AvgIpc) is 3.17. The largest absolute Gasteiger partial charge is 0.450 e. The third-order valence-corrected chi connectivity index (χ3v) is 7.48. The van der Waals surface area contributed by atoms with Gasteiger partial charge in [-0.2, -0.15) is 5.26 Å². The van der Waals surface area contributed by atoms with Gasteiger partial charge in [0, 0.05) is 10.4 Å². The lowest BCUT2D eigenvalue weighted by atomic mass is 10.1. The minimum absolute atomic E-state index is 0.123. The second-order valence-electron chi connectivity index (χ2n) is 8.08. The number of amides is 2. The minimum atomic E-state index is -0.758. The highest BCUT2D eigenvalue weighted by Gasteiger charge is 2.44. The molecule has 2 amide bonds. The van der Waals surface area contributed by atoms with Crippen LogP contribution in [-0.2, 0) is 22.4 Å². The average molecular weight is 527 g/mol. The van der Waals surface area contributed by atoms with Crippen LogP contribution in [0.15, 0.2) is 28.7 Å². The summed E-state index contributed by atoms with van der Waals surface area (Å²) in [4.78, 5) is 28.9. The number of ether oxygens (including phenoxy) is 1. The Morgan fingerprint density at radius 3 is 2.78 bits per heavy atom. The zero-order valence-electron chi connectivity index (χ0n) is 19.0. The number of fused-ring (bicyclic) bond motifs is 1. The van der Waals surface area contributed by atoms with Crippen LogP contribution in [0.4, 0.5) is 14.2 Å². The van der Waals surface area contributed by atoms with Crippen molar-refractivity contribution in [2.45, 2.75) is 38.1 Å². The Balaban J connectivity index is 1.28. The second kappa shape index (κ2) is 9.63. The van der Waals surface area contributed by atoms with Gasteiger partial charge in [-0.3, -0.25) is 10.1 Å². The molecule has 0 radical (unpaired) electrons. The Morgan fingerprint density at radius 2 is 2.03 bits per heavy atom. The van der Waals surface area contributed by atoms with Crippen LogP contribution in [0.5, 0.6) is 0 Å². The van der Waals surface area contributed by atoms with Crippen molar-refractivity contribution < 1.29 is 23.1 Å². The monoisotopic (exact) mass is 526 g/mol. The van der Waals surface area contributed by atoms with Crippen LogP contribution in [0.2, 0.25) is 0 Å². The molecule has 0 atom stereocenters. The molecule has 3 heterocycles. The molecule has 2 N–H and O–H groups in total. The Hall–Kier alpha value is -3.89. The summed E-state index contributed by atoms with van der Waals surface area (Å²) in [5.74, 6) is -0.370. The summed E-state index contributed by atoms with van der Waals surface area (Å²) in [6.45, 7) is 1.97. The lowest BCUT2D eigenvalue weighted by Crippen LogP contribution is -2.36. The summed E-state index contributed by atoms with van der Waals surface area (Å²) in [5, 5.41) is 23.4. The van der Waals surface area contributed by atoms with Crippen molar-refractivity contribution in [2.24, 2.45) is 0 Å². The van der Waals surface area contributed by atoms with E-state index in [1.807, 2.05) is 0 Å². The van der Waals surface area contributed by atoms with Crippen LogP contribution in [0.25, 0.3) is 20.7 Å². The smallest absolute Gasteiger partial charge is 0.412 e. The van der Waals surface area contributed by atoms with E-state index in [0.29, 0.717) is 43.5 Å². The van der Waals surface area contributed by atoms with Gasteiger partial charge in [-0.05, 0) is 44.0 Å². The summed E-state index contributed by atoms with van der Waals surface area (Å²) in [6.07, 6.45) is 0.781. The molecule has 0 spiro atoms. The molecule has 10 nitrogen and oxygen atoms in total. The number of anilines is 1. The predicted molar refractivity (Wildman–Crippen MR) is 130 cm³/mol. The van der Waals surface area contributed by atoms with E-state index in [2.05, 4.69) is 31.9 Å². The van der Waals surface area contributed by atoms with Crippen LogP contribution in [-0.4, -0.2) is 39.3 Å². The van der Waals surface area contributed by atoms with Gasteiger partial charge in [0.15, 0.2) is 5.82 Å². The summed E-state index contributed by atoms with van der Waals surface area (Å²) in [7, 11) is 0. The lowest BCUT2D eigenvalue weighted by molar-refractivity contribution is -0.121. The van der Waals surface area contributed by atoms with Crippen molar-refractivity contribution in [2.75, 3.05) is 11.9 Å². The second-order valence-corrected chi connectivity index (χ2v) is 10.2. The Morgan fingerprint density at radius 1 is 1.22 bits per heavy atom. The molecular formula is C23H19FN6O4S2. The summed E-state index contributed by atoms with van der Waals surface area (Å²) >= 11 is 2.42. The van der Waals surface area contributed by atoms with Crippen LogP contribution in [0.1, 0.15) is 36.6 Å². The molecule has 5 rings (SSSR count). The number of thiophene rings is 1. The van der Waals surface area contributed by atoms with Crippen molar-refractivity contribution in [3.8, 4) is 16.5 Å². The highest BCUT2D eigenvalue weighted by Crippen LogP contribution is 2.37. The van der Waals surface area contributed by atoms with Crippen LogP contribution in [0, 0.1) is 17.1 Å². The van der Waals surface area contributed by atoms with E-state index in [0.717, 1.165) is 0 Å². The normalized spacial score (nSPS) is 13.8. The number of aromatic nitrogens is 3. The maximum Gasteiger partial charge on any atom is 0.412 e. The van der Waals surface area contributed by atoms with Gasteiger partial charge < -0.3 is 14.5 Å². The predicted octanol–water partition coefficient (Wildman–Crippen LogP) is 4.42. The van der Waals surface area contributed by atoms with E-state index in [1.54, 1.807) is 31.2 Å². The molecule has 0 unspecified atom stereocenters. The number of thiazole rings is 1. The molecule has 1 fully saturated rings. The van der Waals surface area contributed by atoms with Gasteiger partial charge in [-0.1, -0.05) is 0 Å².